The Bertz CT molecular complexity index is 925. The van der Waals surface area contributed by atoms with Crippen molar-refractivity contribution in [3.05, 3.63) is 60.2 Å². The van der Waals surface area contributed by atoms with E-state index in [0.29, 0.717) is 38.3 Å². The van der Waals surface area contributed by atoms with E-state index >= 15 is 0 Å². The largest absolute Gasteiger partial charge is 0.493 e. The summed E-state index contributed by atoms with van der Waals surface area (Å²) in [7, 11) is -3.52. The summed E-state index contributed by atoms with van der Waals surface area (Å²) in [6.07, 6.45) is 1.96. The summed E-state index contributed by atoms with van der Waals surface area (Å²) in [4.78, 5) is 15.0. The lowest BCUT2D eigenvalue weighted by Crippen LogP contribution is -2.41. The molecule has 0 radical (unpaired) electrons. The number of likely N-dealkylation sites (tertiary alicyclic amines) is 1. The van der Waals surface area contributed by atoms with Gasteiger partial charge in [0.2, 0.25) is 10.0 Å². The summed E-state index contributed by atoms with van der Waals surface area (Å²) in [5, 5.41) is 0. The van der Waals surface area contributed by atoms with E-state index in [2.05, 4.69) is 0 Å². The number of benzene rings is 2. The highest BCUT2D eigenvalue weighted by molar-refractivity contribution is 7.89. The minimum Gasteiger partial charge on any atom is -0.493 e. The van der Waals surface area contributed by atoms with Gasteiger partial charge in [-0.1, -0.05) is 32.0 Å². The Morgan fingerprint density at radius 1 is 1.07 bits per heavy atom. The van der Waals surface area contributed by atoms with Crippen LogP contribution < -0.4 is 4.74 Å². The van der Waals surface area contributed by atoms with Crippen molar-refractivity contribution in [3.63, 3.8) is 0 Å². The highest BCUT2D eigenvalue weighted by Crippen LogP contribution is 2.22. The summed E-state index contributed by atoms with van der Waals surface area (Å²) in [6, 6.07) is 16.0. The number of carbonyl (C=O) groups is 1. The molecule has 0 N–H and O–H groups in total. The van der Waals surface area contributed by atoms with Crippen LogP contribution in [0.2, 0.25) is 0 Å². The number of hydrogen-bond acceptors (Lipinski definition) is 4. The van der Waals surface area contributed by atoms with Crippen molar-refractivity contribution in [2.75, 3.05) is 32.8 Å². The Morgan fingerprint density at radius 3 is 2.37 bits per heavy atom. The lowest BCUT2D eigenvalue weighted by atomic mass is 9.98. The molecule has 1 heterocycles. The van der Waals surface area contributed by atoms with Gasteiger partial charge in [0, 0.05) is 37.7 Å². The molecule has 1 atom stereocenters. The van der Waals surface area contributed by atoms with Crippen LogP contribution in [-0.4, -0.2) is 56.3 Å². The second-order valence-electron chi connectivity index (χ2n) is 7.50. The Hall–Kier alpha value is -2.38. The molecule has 1 fully saturated rings. The number of nitrogens with zero attached hydrogens (tertiary/aromatic N) is 2. The average Bonchev–Trinajstić information content (AvgIpc) is 2.79. The van der Waals surface area contributed by atoms with Gasteiger partial charge in [-0.25, -0.2) is 8.42 Å². The smallest absolute Gasteiger partial charge is 0.253 e. The monoisotopic (exact) mass is 430 g/mol. The van der Waals surface area contributed by atoms with E-state index in [4.69, 9.17) is 4.74 Å². The fraction of sp³-hybridized carbons (Fsp3) is 0.435. The SMILES string of the molecule is CCN(CC)S(=O)(=O)c1ccc(C(=O)N2CCCC(COc3ccccc3)C2)cc1. The number of rotatable bonds is 8. The number of sulfonamides is 1. The molecule has 1 aliphatic rings. The van der Waals surface area contributed by atoms with Crippen molar-refractivity contribution in [2.24, 2.45) is 5.92 Å². The van der Waals surface area contributed by atoms with Crippen LogP contribution in [0.25, 0.3) is 0 Å². The topological polar surface area (TPSA) is 66.9 Å². The van der Waals surface area contributed by atoms with Crippen LogP contribution in [-0.2, 0) is 10.0 Å². The normalized spacial score (nSPS) is 17.2. The van der Waals surface area contributed by atoms with Crippen LogP contribution in [0.4, 0.5) is 0 Å². The highest BCUT2D eigenvalue weighted by Gasteiger charge is 2.26. The Morgan fingerprint density at radius 2 is 1.73 bits per heavy atom. The van der Waals surface area contributed by atoms with Gasteiger partial charge >= 0.3 is 0 Å². The molecule has 3 rings (SSSR count). The molecule has 0 spiro atoms. The number of amides is 1. The third kappa shape index (κ3) is 5.21. The van der Waals surface area contributed by atoms with Gasteiger partial charge in [-0.15, -0.1) is 0 Å². The molecule has 2 aromatic carbocycles. The summed E-state index contributed by atoms with van der Waals surface area (Å²) in [6.45, 7) is 6.39. The molecule has 1 amide bonds. The predicted octanol–water partition coefficient (Wildman–Crippen LogP) is 3.65. The van der Waals surface area contributed by atoms with Gasteiger partial charge in [-0.2, -0.15) is 4.31 Å². The number of carbonyl (C=O) groups excluding carboxylic acids is 1. The van der Waals surface area contributed by atoms with Crippen molar-refractivity contribution in [3.8, 4) is 5.75 Å². The summed E-state index contributed by atoms with van der Waals surface area (Å²) in [5.41, 5.74) is 0.512. The van der Waals surface area contributed by atoms with E-state index in [9.17, 15) is 13.2 Å². The number of para-hydroxylation sites is 1. The van der Waals surface area contributed by atoms with Crippen molar-refractivity contribution in [1.82, 2.24) is 9.21 Å². The zero-order valence-corrected chi connectivity index (χ0v) is 18.5. The Balaban J connectivity index is 1.63. The van der Waals surface area contributed by atoms with E-state index in [-0.39, 0.29) is 16.7 Å². The third-order valence-electron chi connectivity index (χ3n) is 5.48. The second kappa shape index (κ2) is 10.1. The molecule has 1 unspecified atom stereocenters. The fourth-order valence-electron chi connectivity index (χ4n) is 3.78. The van der Waals surface area contributed by atoms with Gasteiger partial charge in [0.15, 0.2) is 0 Å². The van der Waals surface area contributed by atoms with E-state index in [1.54, 1.807) is 12.1 Å². The molecule has 6 nitrogen and oxygen atoms in total. The first kappa shape index (κ1) is 22.3. The highest BCUT2D eigenvalue weighted by atomic mass is 32.2. The van der Waals surface area contributed by atoms with Crippen LogP contribution in [0, 0.1) is 5.92 Å². The number of ether oxygens (including phenoxy) is 1. The minimum atomic E-state index is -3.52. The van der Waals surface area contributed by atoms with E-state index in [1.165, 1.54) is 16.4 Å². The van der Waals surface area contributed by atoms with E-state index in [0.717, 1.165) is 18.6 Å². The first-order valence-electron chi connectivity index (χ1n) is 10.5. The zero-order valence-electron chi connectivity index (χ0n) is 17.7. The molecule has 1 saturated heterocycles. The third-order valence-corrected chi connectivity index (χ3v) is 7.54. The molecule has 0 aromatic heterocycles. The molecule has 2 aromatic rings. The van der Waals surface area contributed by atoms with Gasteiger partial charge < -0.3 is 9.64 Å². The molecule has 162 valence electrons. The van der Waals surface area contributed by atoms with Crippen molar-refractivity contribution in [2.45, 2.75) is 31.6 Å². The Labute approximate surface area is 179 Å². The van der Waals surface area contributed by atoms with Gasteiger partial charge in [0.25, 0.3) is 5.91 Å². The van der Waals surface area contributed by atoms with E-state index < -0.39 is 10.0 Å². The average molecular weight is 431 g/mol. The first-order chi connectivity index (χ1) is 14.5. The second-order valence-corrected chi connectivity index (χ2v) is 9.44. The van der Waals surface area contributed by atoms with Crippen molar-refractivity contribution in [1.29, 1.82) is 0 Å². The van der Waals surface area contributed by atoms with Gasteiger partial charge in [0.05, 0.1) is 11.5 Å². The first-order valence-corrected chi connectivity index (χ1v) is 12.0. The maximum atomic E-state index is 13.0. The molecule has 7 heteroatoms. The molecule has 1 aliphatic heterocycles. The molecular weight excluding hydrogens is 400 g/mol. The van der Waals surface area contributed by atoms with Crippen LogP contribution in [0.1, 0.15) is 37.0 Å². The van der Waals surface area contributed by atoms with Crippen LogP contribution in [0.3, 0.4) is 0 Å². The lowest BCUT2D eigenvalue weighted by Gasteiger charge is -2.32. The number of hydrogen-bond donors (Lipinski definition) is 0. The quantitative estimate of drug-likeness (QED) is 0.641. The standard InChI is InChI=1S/C23H30N2O4S/c1-3-25(4-2)30(27,28)22-14-12-20(13-15-22)23(26)24-16-8-9-19(17-24)18-29-21-10-6-5-7-11-21/h5-7,10-15,19H,3-4,8-9,16-18H2,1-2H3. The zero-order chi connectivity index (χ0) is 21.6. The summed E-state index contributed by atoms with van der Waals surface area (Å²) in [5.74, 6) is 1.06. The summed E-state index contributed by atoms with van der Waals surface area (Å²) < 4.78 is 32.5. The summed E-state index contributed by atoms with van der Waals surface area (Å²) >= 11 is 0. The van der Waals surface area contributed by atoms with Gasteiger partial charge in [-0.05, 0) is 49.2 Å². The Kier molecular flexibility index (Phi) is 7.50. The maximum Gasteiger partial charge on any atom is 0.253 e. The minimum absolute atomic E-state index is 0.0637. The molecule has 0 saturated carbocycles. The van der Waals surface area contributed by atoms with E-state index in [1.807, 2.05) is 49.1 Å². The van der Waals surface area contributed by atoms with Gasteiger partial charge in [0.1, 0.15) is 5.75 Å². The lowest BCUT2D eigenvalue weighted by molar-refractivity contribution is 0.0633. The maximum absolute atomic E-state index is 13.0. The predicted molar refractivity (Wildman–Crippen MR) is 117 cm³/mol. The van der Waals surface area contributed by atoms with Crippen molar-refractivity contribution >= 4 is 15.9 Å². The van der Waals surface area contributed by atoms with Crippen LogP contribution in [0.15, 0.2) is 59.5 Å². The number of piperidine rings is 1. The molecular formula is C23H30N2O4S. The van der Waals surface area contributed by atoms with Crippen molar-refractivity contribution < 1.29 is 17.9 Å². The van der Waals surface area contributed by atoms with Crippen LogP contribution >= 0.6 is 0 Å². The molecule has 0 bridgehead atoms. The molecule has 30 heavy (non-hydrogen) atoms. The van der Waals surface area contributed by atoms with Gasteiger partial charge in [-0.3, -0.25) is 4.79 Å². The fourth-order valence-corrected chi connectivity index (χ4v) is 5.24. The molecule has 0 aliphatic carbocycles. The van der Waals surface area contributed by atoms with Crippen LogP contribution in [0.5, 0.6) is 5.75 Å².